The Morgan fingerprint density at radius 2 is 2.12 bits per heavy atom. The highest BCUT2D eigenvalue weighted by Gasteiger charge is 2.54. The number of H-pyrrole nitrogens is 1. The quantitative estimate of drug-likeness (QED) is 0.752. The van der Waals surface area contributed by atoms with Gasteiger partial charge in [0.2, 0.25) is 4.77 Å². The van der Waals surface area contributed by atoms with Gasteiger partial charge in [-0.25, -0.2) is 4.98 Å². The Labute approximate surface area is 156 Å². The molecule has 1 fully saturated rings. The molecule has 2 unspecified atom stereocenters. The van der Waals surface area contributed by atoms with Gasteiger partial charge in [0, 0.05) is 0 Å². The largest absolute Gasteiger partial charge is 0.387 e. The minimum atomic E-state index is -0.885. The van der Waals surface area contributed by atoms with Gasteiger partial charge in [0.15, 0.2) is 0 Å². The SMILES string of the molecule is CC1(C)CCC(Cc2ccc(Cl)c(Cl)c2)C1(O)Cn1[nH]cnc1=S. The molecule has 2 aromatic rings. The fraction of sp³-hybridized carbons (Fsp3) is 0.529. The molecular weight excluding hydrogens is 365 g/mol. The normalized spacial score (nSPS) is 26.0. The van der Waals surface area contributed by atoms with Crippen molar-refractivity contribution in [1.82, 2.24) is 14.8 Å². The van der Waals surface area contributed by atoms with Crippen molar-refractivity contribution in [3.63, 3.8) is 0 Å². The summed E-state index contributed by atoms with van der Waals surface area (Å²) in [5, 5.41) is 15.7. The van der Waals surface area contributed by atoms with Gasteiger partial charge in [-0.15, -0.1) is 0 Å². The lowest BCUT2D eigenvalue weighted by molar-refractivity contribution is -0.0909. The van der Waals surface area contributed by atoms with Crippen LogP contribution in [0.25, 0.3) is 0 Å². The van der Waals surface area contributed by atoms with Crippen LogP contribution in [0.2, 0.25) is 10.0 Å². The van der Waals surface area contributed by atoms with E-state index in [-0.39, 0.29) is 11.3 Å². The van der Waals surface area contributed by atoms with Crippen molar-refractivity contribution in [1.29, 1.82) is 0 Å². The molecule has 3 rings (SSSR count). The monoisotopic (exact) mass is 385 g/mol. The minimum Gasteiger partial charge on any atom is -0.387 e. The van der Waals surface area contributed by atoms with E-state index in [4.69, 9.17) is 35.4 Å². The van der Waals surface area contributed by atoms with E-state index in [9.17, 15) is 5.11 Å². The number of rotatable bonds is 4. The summed E-state index contributed by atoms with van der Waals surface area (Å²) >= 11 is 17.4. The second-order valence-corrected chi connectivity index (χ2v) is 8.43. The Balaban J connectivity index is 1.89. The molecule has 2 atom stereocenters. The Morgan fingerprint density at radius 3 is 2.75 bits per heavy atom. The lowest BCUT2D eigenvalue weighted by atomic mass is 9.72. The van der Waals surface area contributed by atoms with Crippen LogP contribution in [-0.4, -0.2) is 25.5 Å². The Hall–Kier alpha value is -0.880. The molecule has 2 N–H and O–H groups in total. The number of aromatic nitrogens is 3. The molecule has 0 spiro atoms. The van der Waals surface area contributed by atoms with Crippen LogP contribution in [0.3, 0.4) is 0 Å². The molecule has 130 valence electrons. The van der Waals surface area contributed by atoms with Crippen LogP contribution < -0.4 is 0 Å². The first-order valence-corrected chi connectivity index (χ1v) is 9.16. The predicted octanol–water partition coefficient (Wildman–Crippen LogP) is 4.66. The molecule has 0 saturated heterocycles. The van der Waals surface area contributed by atoms with Gasteiger partial charge in [0.25, 0.3) is 0 Å². The zero-order chi connectivity index (χ0) is 17.5. The van der Waals surface area contributed by atoms with E-state index >= 15 is 0 Å². The van der Waals surface area contributed by atoms with E-state index in [1.165, 1.54) is 0 Å². The van der Waals surface area contributed by atoms with Gasteiger partial charge in [0.1, 0.15) is 6.33 Å². The van der Waals surface area contributed by atoms with Crippen molar-refractivity contribution in [2.75, 3.05) is 0 Å². The van der Waals surface area contributed by atoms with Crippen LogP contribution in [0, 0.1) is 16.1 Å². The first-order chi connectivity index (χ1) is 11.2. The van der Waals surface area contributed by atoms with Crippen LogP contribution in [0.4, 0.5) is 0 Å². The van der Waals surface area contributed by atoms with Crippen LogP contribution in [0.15, 0.2) is 24.5 Å². The Morgan fingerprint density at radius 1 is 1.38 bits per heavy atom. The molecule has 0 radical (unpaired) electrons. The van der Waals surface area contributed by atoms with Crippen LogP contribution >= 0.6 is 35.4 Å². The molecule has 0 aliphatic heterocycles. The topological polar surface area (TPSA) is 53.8 Å². The molecule has 1 aliphatic rings. The van der Waals surface area contributed by atoms with Crippen molar-refractivity contribution in [2.45, 2.75) is 45.3 Å². The smallest absolute Gasteiger partial charge is 0.215 e. The van der Waals surface area contributed by atoms with Gasteiger partial charge >= 0.3 is 0 Å². The summed E-state index contributed by atoms with van der Waals surface area (Å²) in [6, 6.07) is 5.67. The van der Waals surface area contributed by atoms with Gasteiger partial charge < -0.3 is 5.11 Å². The maximum atomic E-state index is 11.6. The van der Waals surface area contributed by atoms with E-state index in [1.807, 2.05) is 18.2 Å². The molecule has 1 aromatic heterocycles. The van der Waals surface area contributed by atoms with E-state index in [1.54, 1.807) is 11.0 Å². The molecule has 24 heavy (non-hydrogen) atoms. The third-order valence-corrected chi connectivity index (χ3v) is 6.51. The number of aliphatic hydroxyl groups is 1. The zero-order valence-corrected chi connectivity index (χ0v) is 16.0. The van der Waals surface area contributed by atoms with E-state index in [2.05, 4.69) is 23.9 Å². The number of aromatic amines is 1. The molecule has 1 heterocycles. The highest BCUT2D eigenvalue weighted by atomic mass is 35.5. The summed E-state index contributed by atoms with van der Waals surface area (Å²) in [7, 11) is 0. The summed E-state index contributed by atoms with van der Waals surface area (Å²) in [5.74, 6) is 0.106. The van der Waals surface area contributed by atoms with Crippen molar-refractivity contribution in [2.24, 2.45) is 11.3 Å². The van der Waals surface area contributed by atoms with E-state index < -0.39 is 5.60 Å². The number of halogens is 2. The predicted molar refractivity (Wildman–Crippen MR) is 99.0 cm³/mol. The number of nitrogens with zero attached hydrogens (tertiary/aromatic N) is 2. The molecule has 7 heteroatoms. The van der Waals surface area contributed by atoms with E-state index in [0.717, 1.165) is 24.8 Å². The first-order valence-electron chi connectivity index (χ1n) is 7.99. The molecule has 0 bridgehead atoms. The van der Waals surface area contributed by atoms with Gasteiger partial charge in [-0.05, 0) is 60.5 Å². The fourth-order valence-corrected chi connectivity index (χ4v) is 4.23. The summed E-state index contributed by atoms with van der Waals surface area (Å²) in [6.45, 7) is 4.63. The molecular formula is C17H21Cl2N3OS. The molecule has 0 amide bonds. The Kier molecular flexibility index (Phi) is 4.82. The summed E-state index contributed by atoms with van der Waals surface area (Å²) in [5.41, 5.74) is -0.0174. The minimum absolute atomic E-state index is 0.106. The van der Waals surface area contributed by atoms with E-state index in [0.29, 0.717) is 21.4 Å². The fourth-order valence-electron chi connectivity index (χ4n) is 3.74. The third-order valence-electron chi connectivity index (χ3n) is 5.45. The van der Waals surface area contributed by atoms with Gasteiger partial charge in [0.05, 0.1) is 22.2 Å². The van der Waals surface area contributed by atoms with Crippen molar-refractivity contribution < 1.29 is 5.11 Å². The number of nitrogens with one attached hydrogen (secondary N) is 1. The summed E-state index contributed by atoms with van der Waals surface area (Å²) in [6.07, 6.45) is 4.21. The standard InChI is InChI=1S/C17H21Cl2N3OS/c1-16(2)6-5-12(7-11-3-4-13(18)14(19)8-11)17(16,23)9-22-15(24)20-10-21-22/h3-4,8,10,12,23H,5-7,9H2,1-2H3,(H,20,21,24). The summed E-state index contributed by atoms with van der Waals surface area (Å²) < 4.78 is 2.20. The van der Waals surface area contributed by atoms with Crippen LogP contribution in [0.5, 0.6) is 0 Å². The van der Waals surface area contributed by atoms with Crippen molar-refractivity contribution >= 4 is 35.4 Å². The molecule has 4 nitrogen and oxygen atoms in total. The van der Waals surface area contributed by atoms with Crippen molar-refractivity contribution in [3.8, 4) is 0 Å². The van der Waals surface area contributed by atoms with Crippen LogP contribution in [0.1, 0.15) is 32.3 Å². The highest BCUT2D eigenvalue weighted by Crippen LogP contribution is 2.51. The molecule has 1 aromatic carbocycles. The second-order valence-electron chi connectivity index (χ2n) is 7.25. The maximum Gasteiger partial charge on any atom is 0.215 e. The van der Waals surface area contributed by atoms with Crippen molar-refractivity contribution in [3.05, 3.63) is 44.9 Å². The number of benzene rings is 1. The molecule has 1 saturated carbocycles. The third kappa shape index (κ3) is 3.15. The van der Waals surface area contributed by atoms with Gasteiger partial charge in [-0.1, -0.05) is 43.1 Å². The van der Waals surface area contributed by atoms with Gasteiger partial charge in [-0.3, -0.25) is 9.78 Å². The maximum absolute atomic E-state index is 11.6. The average Bonchev–Trinajstić information content (AvgIpc) is 3.00. The second kappa shape index (κ2) is 6.45. The first kappa shape index (κ1) is 17.9. The Bertz CT molecular complexity index is 801. The lowest BCUT2D eigenvalue weighted by Gasteiger charge is -2.41. The molecule has 1 aliphatic carbocycles. The highest BCUT2D eigenvalue weighted by molar-refractivity contribution is 7.71. The summed E-state index contributed by atoms with van der Waals surface area (Å²) in [4.78, 5) is 4.05. The average molecular weight is 386 g/mol. The van der Waals surface area contributed by atoms with Gasteiger partial charge in [-0.2, -0.15) is 0 Å². The zero-order valence-electron chi connectivity index (χ0n) is 13.7. The van der Waals surface area contributed by atoms with Crippen LogP contribution in [-0.2, 0) is 13.0 Å². The lowest BCUT2D eigenvalue weighted by Crippen LogP contribution is -2.49. The number of hydrogen-bond donors (Lipinski definition) is 2. The number of hydrogen-bond acceptors (Lipinski definition) is 3.